The fourth-order valence-corrected chi connectivity index (χ4v) is 6.15. The molecule has 0 bridgehead atoms. The minimum absolute atomic E-state index is 0.0730. The summed E-state index contributed by atoms with van der Waals surface area (Å²) in [6, 6.07) is 8.22. The number of nitrogens with one attached hydrogen (secondary N) is 2. The minimum atomic E-state index is -3.44. The molecule has 0 aliphatic heterocycles. The predicted molar refractivity (Wildman–Crippen MR) is 128 cm³/mol. The second-order valence-electron chi connectivity index (χ2n) is 8.06. The molecule has 2 N–H and O–H groups in total. The van der Waals surface area contributed by atoms with E-state index in [2.05, 4.69) is 20.0 Å². The second-order valence-corrected chi connectivity index (χ2v) is 10.9. The fourth-order valence-electron chi connectivity index (χ4n) is 3.74. The average Bonchev–Trinajstić information content (AvgIpc) is 3.58. The minimum Gasteiger partial charge on any atom is -0.323 e. The van der Waals surface area contributed by atoms with Crippen LogP contribution in [0, 0.1) is 5.82 Å². The molecule has 2 aromatic heterocycles. The third-order valence-electron chi connectivity index (χ3n) is 6.04. The number of aromatic nitrogens is 2. The molecule has 1 aromatic carbocycles. The number of thiazole rings is 1. The van der Waals surface area contributed by atoms with Gasteiger partial charge in [-0.1, -0.05) is 26.0 Å². The lowest BCUT2D eigenvalue weighted by molar-refractivity contribution is -0.122. The van der Waals surface area contributed by atoms with Crippen molar-refractivity contribution >= 4 is 38.1 Å². The van der Waals surface area contributed by atoms with E-state index in [1.54, 1.807) is 29.9 Å². The molecule has 10 heteroatoms. The van der Waals surface area contributed by atoms with E-state index in [1.807, 2.05) is 19.9 Å². The number of sulfonamides is 1. The molecule has 4 rings (SSSR count). The van der Waals surface area contributed by atoms with Crippen LogP contribution in [0.15, 0.2) is 48.1 Å². The lowest BCUT2D eigenvalue weighted by Crippen LogP contribution is -2.40. The molecule has 2 heterocycles. The third-order valence-corrected chi connectivity index (χ3v) is 8.76. The van der Waals surface area contributed by atoms with Crippen molar-refractivity contribution in [2.24, 2.45) is 0 Å². The maximum atomic E-state index is 14.8. The maximum absolute atomic E-state index is 14.8. The van der Waals surface area contributed by atoms with E-state index in [-0.39, 0.29) is 22.0 Å². The largest absolute Gasteiger partial charge is 0.323 e. The van der Waals surface area contributed by atoms with Crippen LogP contribution in [-0.4, -0.2) is 29.5 Å². The first-order valence-corrected chi connectivity index (χ1v) is 13.2. The van der Waals surface area contributed by atoms with E-state index >= 15 is 0 Å². The van der Waals surface area contributed by atoms with Gasteiger partial charge in [0.05, 0.1) is 22.0 Å². The molecule has 0 radical (unpaired) electrons. The van der Waals surface area contributed by atoms with Crippen LogP contribution < -0.4 is 10.0 Å². The Bertz CT molecular complexity index is 1250. The van der Waals surface area contributed by atoms with Crippen molar-refractivity contribution in [1.29, 1.82) is 0 Å². The summed E-state index contributed by atoms with van der Waals surface area (Å²) in [5.41, 5.74) is 0.950. The van der Waals surface area contributed by atoms with Gasteiger partial charge in [-0.05, 0) is 49.4 Å². The molecule has 33 heavy (non-hydrogen) atoms. The van der Waals surface area contributed by atoms with Gasteiger partial charge < -0.3 is 5.32 Å². The number of benzene rings is 1. The average molecular weight is 489 g/mol. The molecule has 7 nitrogen and oxygen atoms in total. The van der Waals surface area contributed by atoms with Crippen molar-refractivity contribution in [1.82, 2.24) is 9.97 Å². The molecule has 1 amide bonds. The monoisotopic (exact) mass is 488 g/mol. The molecule has 0 saturated heterocycles. The number of nitrogens with zero attached hydrogens (tertiary/aromatic N) is 2. The van der Waals surface area contributed by atoms with E-state index in [0.717, 1.165) is 16.9 Å². The molecule has 1 aliphatic rings. The zero-order valence-electron chi connectivity index (χ0n) is 18.3. The summed E-state index contributed by atoms with van der Waals surface area (Å²) in [5, 5.41) is 4.28. The number of anilines is 2. The number of carbonyl (C=O) groups excluding carboxylic acids is 1. The zero-order valence-corrected chi connectivity index (χ0v) is 20.0. The van der Waals surface area contributed by atoms with Crippen LogP contribution in [-0.2, 0) is 20.2 Å². The van der Waals surface area contributed by atoms with Gasteiger partial charge in [-0.2, -0.15) is 0 Å². The van der Waals surface area contributed by atoms with Gasteiger partial charge in [-0.15, -0.1) is 11.3 Å². The van der Waals surface area contributed by atoms with Crippen molar-refractivity contribution < 1.29 is 17.6 Å². The Hall–Kier alpha value is -2.85. The Balaban J connectivity index is 1.56. The molecule has 174 valence electrons. The van der Waals surface area contributed by atoms with Gasteiger partial charge in [-0.25, -0.2) is 17.8 Å². The summed E-state index contributed by atoms with van der Waals surface area (Å²) in [6.07, 6.45) is 5.42. The first-order chi connectivity index (χ1) is 15.8. The summed E-state index contributed by atoms with van der Waals surface area (Å²) >= 11 is 1.14. The Morgan fingerprint density at radius 3 is 2.58 bits per heavy atom. The molecule has 3 aromatic rings. The molecule has 0 spiro atoms. The molecule has 0 unspecified atom stereocenters. The smallest absolute Gasteiger partial charge is 0.237 e. The molecular weight excluding hydrogens is 463 g/mol. The molecule has 1 saturated carbocycles. The van der Waals surface area contributed by atoms with Crippen LogP contribution in [0.5, 0.6) is 0 Å². The normalized spacial score (nSPS) is 14.2. The standard InChI is InChI=1S/C23H25FN4O3S2/c1-3-23(4-2,20-14-32-22(27-20)28-33(30,31)17-8-9-17)21(29)26-19-10-7-15(12-18(19)24)16-6-5-11-25-13-16/h5-7,10-14,17H,3-4,8-9H2,1-2H3,(H,26,29)(H,27,28). The number of rotatable bonds is 9. The van der Waals surface area contributed by atoms with Crippen LogP contribution in [0.3, 0.4) is 0 Å². The van der Waals surface area contributed by atoms with Crippen molar-refractivity contribution in [2.75, 3.05) is 10.0 Å². The quantitative estimate of drug-likeness (QED) is 0.444. The van der Waals surface area contributed by atoms with Crippen LogP contribution >= 0.6 is 11.3 Å². The Kier molecular flexibility index (Phi) is 6.49. The Morgan fingerprint density at radius 1 is 1.21 bits per heavy atom. The summed E-state index contributed by atoms with van der Waals surface area (Å²) in [4.78, 5) is 21.8. The lowest BCUT2D eigenvalue weighted by atomic mass is 9.78. The number of hydrogen-bond acceptors (Lipinski definition) is 6. The highest BCUT2D eigenvalue weighted by molar-refractivity contribution is 7.93. The van der Waals surface area contributed by atoms with Crippen LogP contribution in [0.25, 0.3) is 11.1 Å². The fraction of sp³-hybridized carbons (Fsp3) is 0.348. The second kappa shape index (κ2) is 9.18. The highest BCUT2D eigenvalue weighted by atomic mass is 32.2. The van der Waals surface area contributed by atoms with Crippen LogP contribution in [0.4, 0.5) is 15.2 Å². The van der Waals surface area contributed by atoms with Crippen molar-refractivity contribution in [3.05, 3.63) is 59.6 Å². The highest BCUT2D eigenvalue weighted by Gasteiger charge is 2.40. The van der Waals surface area contributed by atoms with Gasteiger partial charge >= 0.3 is 0 Å². The predicted octanol–water partition coefficient (Wildman–Crippen LogP) is 4.94. The summed E-state index contributed by atoms with van der Waals surface area (Å²) in [6.45, 7) is 3.72. The summed E-state index contributed by atoms with van der Waals surface area (Å²) in [7, 11) is -3.44. The Morgan fingerprint density at radius 2 is 1.97 bits per heavy atom. The van der Waals surface area contributed by atoms with Gasteiger partial charge in [0, 0.05) is 23.3 Å². The highest BCUT2D eigenvalue weighted by Crippen LogP contribution is 2.37. The van der Waals surface area contributed by atoms with Gasteiger partial charge in [0.1, 0.15) is 5.82 Å². The van der Waals surface area contributed by atoms with Crippen molar-refractivity contribution in [3.8, 4) is 11.1 Å². The number of halogens is 1. The van der Waals surface area contributed by atoms with Crippen LogP contribution in [0.2, 0.25) is 0 Å². The van der Waals surface area contributed by atoms with Crippen molar-refractivity contribution in [2.45, 2.75) is 50.2 Å². The zero-order chi connectivity index (χ0) is 23.6. The van der Waals surface area contributed by atoms with E-state index in [0.29, 0.717) is 36.9 Å². The molecule has 1 aliphatic carbocycles. The van der Waals surface area contributed by atoms with E-state index in [1.165, 1.54) is 12.1 Å². The van der Waals surface area contributed by atoms with Gasteiger partial charge in [-0.3, -0.25) is 14.5 Å². The van der Waals surface area contributed by atoms with Gasteiger partial charge in [0.25, 0.3) is 0 Å². The first kappa shape index (κ1) is 23.3. The van der Waals surface area contributed by atoms with E-state index in [4.69, 9.17) is 0 Å². The first-order valence-electron chi connectivity index (χ1n) is 10.8. The number of carbonyl (C=O) groups is 1. The maximum Gasteiger partial charge on any atom is 0.237 e. The lowest BCUT2D eigenvalue weighted by Gasteiger charge is -2.28. The third kappa shape index (κ3) is 4.77. The summed E-state index contributed by atoms with van der Waals surface area (Å²) < 4.78 is 41.8. The molecule has 1 fully saturated rings. The topological polar surface area (TPSA) is 101 Å². The molecular formula is C23H25FN4O3S2. The van der Waals surface area contributed by atoms with Crippen LogP contribution in [0.1, 0.15) is 45.2 Å². The number of pyridine rings is 1. The van der Waals surface area contributed by atoms with Crippen molar-refractivity contribution in [3.63, 3.8) is 0 Å². The number of hydrogen-bond donors (Lipinski definition) is 2. The van der Waals surface area contributed by atoms with Gasteiger partial charge in [0.15, 0.2) is 5.13 Å². The van der Waals surface area contributed by atoms with E-state index in [9.17, 15) is 17.6 Å². The summed E-state index contributed by atoms with van der Waals surface area (Å²) in [5.74, 6) is -0.940. The Labute approximate surface area is 196 Å². The van der Waals surface area contributed by atoms with E-state index < -0.39 is 21.3 Å². The SMILES string of the molecule is CCC(CC)(C(=O)Nc1ccc(-c2cccnc2)cc1F)c1csc(NS(=O)(=O)C2CC2)n1. The van der Waals surface area contributed by atoms with Gasteiger partial charge in [0.2, 0.25) is 15.9 Å². The number of amides is 1. The molecule has 0 atom stereocenters.